The molecule has 3 N–H and O–H groups in total. The Morgan fingerprint density at radius 3 is 2.09 bits per heavy atom. The van der Waals surface area contributed by atoms with Crippen LogP contribution in [0.3, 0.4) is 0 Å². The number of carboxylic acids is 1. The average Bonchev–Trinajstić information content (AvgIpc) is 2.69. The van der Waals surface area contributed by atoms with E-state index in [4.69, 9.17) is 10.5 Å². The van der Waals surface area contributed by atoms with E-state index in [1.165, 1.54) is 18.2 Å². The summed E-state index contributed by atoms with van der Waals surface area (Å²) in [5, 5.41) is 8.28. The predicted molar refractivity (Wildman–Crippen MR) is 124 cm³/mol. The summed E-state index contributed by atoms with van der Waals surface area (Å²) in [7, 11) is -4.17. The molecular weight excluding hydrogens is 465 g/mol. The minimum absolute atomic E-state index is 0.131. The van der Waals surface area contributed by atoms with E-state index in [2.05, 4.69) is 4.98 Å². The van der Waals surface area contributed by atoms with E-state index in [0.29, 0.717) is 0 Å². The highest BCUT2D eigenvalue weighted by atomic mass is 32.2. The number of nitrogens with zero attached hydrogens (tertiary/aromatic N) is 2. The second kappa shape index (κ2) is 9.67. The van der Waals surface area contributed by atoms with Gasteiger partial charge in [0.15, 0.2) is 15.2 Å². The first kappa shape index (κ1) is 27.2. The van der Waals surface area contributed by atoms with Gasteiger partial charge in [-0.1, -0.05) is 26.8 Å². The fourth-order valence-corrected chi connectivity index (χ4v) is 4.43. The molecule has 0 aliphatic rings. The molecule has 11 heteroatoms. The summed E-state index contributed by atoms with van der Waals surface area (Å²) < 4.78 is 44.6. The summed E-state index contributed by atoms with van der Waals surface area (Å²) in [5.74, 6) is -2.05. The van der Waals surface area contributed by atoms with E-state index in [9.17, 15) is 27.5 Å². The minimum atomic E-state index is -4.17. The van der Waals surface area contributed by atoms with Crippen molar-refractivity contribution < 1.29 is 32.2 Å². The Kier molecular flexibility index (Phi) is 7.73. The van der Waals surface area contributed by atoms with Crippen molar-refractivity contribution in [1.82, 2.24) is 4.98 Å². The van der Waals surface area contributed by atoms with Gasteiger partial charge < -0.3 is 15.6 Å². The van der Waals surface area contributed by atoms with Crippen LogP contribution in [0, 0.1) is 11.2 Å². The molecular formula is C23H30FN3O6S. The molecule has 0 fully saturated rings. The van der Waals surface area contributed by atoms with Gasteiger partial charge in [0, 0.05) is 0 Å². The van der Waals surface area contributed by atoms with Gasteiger partial charge in [-0.05, 0) is 62.6 Å². The molecule has 2 aromatic rings. The number of benzene rings is 1. The molecule has 1 heterocycles. The van der Waals surface area contributed by atoms with Crippen molar-refractivity contribution in [2.45, 2.75) is 63.5 Å². The first-order valence-corrected chi connectivity index (χ1v) is 12.0. The number of aliphatic carboxylic acids is 1. The van der Waals surface area contributed by atoms with Crippen molar-refractivity contribution in [3.63, 3.8) is 0 Å². The number of carbonyl (C=O) groups excluding carboxylic acids is 1. The monoisotopic (exact) mass is 495 g/mol. The molecule has 2 unspecified atom stereocenters. The van der Waals surface area contributed by atoms with Gasteiger partial charge in [0.1, 0.15) is 23.3 Å². The second-order valence-electron chi connectivity index (χ2n) is 9.80. The standard InChI is InChI=1S/C23H30FN3O6S/c1-22(2,3)18(20(28)29)27(21(30)33-23(4,5)6)17-9-7-8-16(26-17)19(25)34(31,32)15-12-10-14(24)11-13-15/h7-13,18-19H,25H2,1-6H3,(H,28,29). The Morgan fingerprint density at radius 1 is 1.06 bits per heavy atom. The van der Waals surface area contributed by atoms with Gasteiger partial charge in [-0.2, -0.15) is 0 Å². The number of pyridine rings is 1. The molecule has 0 bridgehead atoms. The molecule has 9 nitrogen and oxygen atoms in total. The van der Waals surface area contributed by atoms with E-state index in [1.807, 2.05) is 0 Å². The van der Waals surface area contributed by atoms with Gasteiger partial charge in [-0.25, -0.2) is 32.3 Å². The quantitative estimate of drug-likeness (QED) is 0.575. The van der Waals surface area contributed by atoms with Gasteiger partial charge in [-0.15, -0.1) is 0 Å². The van der Waals surface area contributed by atoms with Crippen LogP contribution in [0.1, 0.15) is 52.6 Å². The van der Waals surface area contributed by atoms with Gasteiger partial charge >= 0.3 is 12.1 Å². The largest absolute Gasteiger partial charge is 0.480 e. The van der Waals surface area contributed by atoms with Crippen LogP contribution in [0.5, 0.6) is 0 Å². The molecule has 1 aromatic heterocycles. The van der Waals surface area contributed by atoms with Crippen LogP contribution in [0.15, 0.2) is 47.4 Å². The molecule has 186 valence electrons. The van der Waals surface area contributed by atoms with E-state index in [1.54, 1.807) is 41.5 Å². The summed E-state index contributed by atoms with van der Waals surface area (Å²) in [6, 6.07) is 6.89. The molecule has 0 saturated heterocycles. The fourth-order valence-electron chi connectivity index (χ4n) is 3.17. The number of ether oxygens (including phenoxy) is 1. The van der Waals surface area contributed by atoms with Crippen LogP contribution in [0.2, 0.25) is 0 Å². The molecule has 0 aliphatic carbocycles. The lowest BCUT2D eigenvalue weighted by Crippen LogP contribution is -2.54. The number of sulfone groups is 1. The maximum Gasteiger partial charge on any atom is 0.416 e. The smallest absolute Gasteiger partial charge is 0.416 e. The first-order valence-electron chi connectivity index (χ1n) is 10.4. The van der Waals surface area contributed by atoms with Crippen molar-refractivity contribution in [2.24, 2.45) is 11.1 Å². The van der Waals surface area contributed by atoms with Crippen LogP contribution in [0.25, 0.3) is 0 Å². The third-order valence-corrected chi connectivity index (χ3v) is 6.51. The molecule has 0 saturated carbocycles. The summed E-state index contributed by atoms with van der Waals surface area (Å²) in [4.78, 5) is 30.2. The van der Waals surface area contributed by atoms with E-state index in [-0.39, 0.29) is 16.4 Å². The van der Waals surface area contributed by atoms with Crippen molar-refractivity contribution in [1.29, 1.82) is 0 Å². The highest BCUT2D eigenvalue weighted by Gasteiger charge is 2.43. The number of aromatic nitrogens is 1. The number of nitrogens with two attached hydrogens (primary N) is 1. The number of hydrogen-bond donors (Lipinski definition) is 2. The highest BCUT2D eigenvalue weighted by Crippen LogP contribution is 2.31. The molecule has 0 radical (unpaired) electrons. The lowest BCUT2D eigenvalue weighted by Gasteiger charge is -2.37. The zero-order valence-electron chi connectivity index (χ0n) is 19.9. The van der Waals surface area contributed by atoms with Crippen molar-refractivity contribution in [3.05, 3.63) is 54.0 Å². The van der Waals surface area contributed by atoms with Crippen LogP contribution < -0.4 is 10.6 Å². The Hall–Kier alpha value is -3.05. The zero-order valence-corrected chi connectivity index (χ0v) is 20.8. The Bertz CT molecular complexity index is 1150. The van der Waals surface area contributed by atoms with Crippen molar-refractivity contribution in [2.75, 3.05) is 4.90 Å². The predicted octanol–water partition coefficient (Wildman–Crippen LogP) is 3.89. The number of rotatable bonds is 6. The number of carbonyl (C=O) groups is 2. The summed E-state index contributed by atoms with van der Waals surface area (Å²) in [6.45, 7) is 9.80. The molecule has 34 heavy (non-hydrogen) atoms. The van der Waals surface area contributed by atoms with Gasteiger partial charge in [0.2, 0.25) is 0 Å². The Morgan fingerprint density at radius 2 is 1.62 bits per heavy atom. The number of hydrogen-bond acceptors (Lipinski definition) is 7. The van der Waals surface area contributed by atoms with Crippen LogP contribution in [-0.4, -0.2) is 42.2 Å². The number of amides is 1. The average molecular weight is 496 g/mol. The molecule has 2 atom stereocenters. The van der Waals surface area contributed by atoms with Crippen molar-refractivity contribution >= 4 is 27.7 Å². The molecule has 1 amide bonds. The normalized spacial score (nSPS) is 14.2. The lowest BCUT2D eigenvalue weighted by atomic mass is 9.85. The molecule has 2 rings (SSSR count). The van der Waals surface area contributed by atoms with E-state index < -0.39 is 50.1 Å². The summed E-state index contributed by atoms with van der Waals surface area (Å²) in [6.07, 6.45) is -0.963. The van der Waals surface area contributed by atoms with Gasteiger partial charge in [0.25, 0.3) is 0 Å². The number of halogens is 1. The van der Waals surface area contributed by atoms with Crippen LogP contribution >= 0.6 is 0 Å². The fraction of sp³-hybridized carbons (Fsp3) is 0.435. The highest BCUT2D eigenvalue weighted by molar-refractivity contribution is 7.91. The zero-order chi connectivity index (χ0) is 26.1. The Balaban J connectivity index is 2.60. The maximum atomic E-state index is 13.2. The maximum absolute atomic E-state index is 13.2. The van der Waals surface area contributed by atoms with Gasteiger partial charge in [-0.3, -0.25) is 0 Å². The molecule has 0 spiro atoms. The summed E-state index contributed by atoms with van der Waals surface area (Å²) in [5.41, 5.74) is 4.01. The van der Waals surface area contributed by atoms with Crippen molar-refractivity contribution in [3.8, 4) is 0 Å². The topological polar surface area (TPSA) is 140 Å². The Labute approximate surface area is 198 Å². The van der Waals surface area contributed by atoms with E-state index >= 15 is 0 Å². The third kappa shape index (κ3) is 6.29. The lowest BCUT2D eigenvalue weighted by molar-refractivity contribution is -0.141. The van der Waals surface area contributed by atoms with Gasteiger partial charge in [0.05, 0.1) is 10.6 Å². The van der Waals surface area contributed by atoms with Crippen LogP contribution in [0.4, 0.5) is 15.0 Å². The number of carboxylic acid groups (broad SMARTS) is 1. The van der Waals surface area contributed by atoms with E-state index in [0.717, 1.165) is 29.2 Å². The molecule has 0 aliphatic heterocycles. The number of anilines is 1. The molecule has 1 aromatic carbocycles. The second-order valence-corrected chi connectivity index (χ2v) is 11.9. The first-order chi connectivity index (χ1) is 15.4. The summed E-state index contributed by atoms with van der Waals surface area (Å²) >= 11 is 0. The SMILES string of the molecule is CC(C)(C)OC(=O)N(c1cccc(C(N)S(=O)(=O)c2ccc(F)cc2)n1)C(C(=O)O)C(C)(C)C. The van der Waals surface area contributed by atoms with Crippen LogP contribution in [-0.2, 0) is 19.4 Å². The minimum Gasteiger partial charge on any atom is -0.480 e. The third-order valence-electron chi connectivity index (χ3n) is 4.67.